The van der Waals surface area contributed by atoms with Crippen LogP contribution in [0, 0.1) is 6.92 Å². The molecule has 0 unspecified atom stereocenters. The maximum atomic E-state index is 4.79. The molecule has 0 amide bonds. The quantitative estimate of drug-likeness (QED) is 0.579. The van der Waals surface area contributed by atoms with Crippen LogP contribution in [0.2, 0.25) is 0 Å². The molecule has 0 atom stereocenters. The molecule has 3 aromatic heterocycles. The highest BCUT2D eigenvalue weighted by Gasteiger charge is 2.13. The number of hydrogen-bond acceptors (Lipinski definition) is 3. The number of aromatic nitrogens is 4. The second-order valence-corrected chi connectivity index (χ2v) is 5.58. The number of hydrogen-bond donors (Lipinski definition) is 0. The van der Waals surface area contributed by atoms with Gasteiger partial charge in [0.15, 0.2) is 5.65 Å². The molecule has 0 saturated carbocycles. The van der Waals surface area contributed by atoms with E-state index in [0.717, 1.165) is 29.1 Å². The Morgan fingerprint density at radius 3 is 2.48 bits per heavy atom. The lowest BCUT2D eigenvalue weighted by atomic mass is 10.1. The van der Waals surface area contributed by atoms with Crippen LogP contribution >= 0.6 is 0 Å². The van der Waals surface area contributed by atoms with Crippen LogP contribution in [0.5, 0.6) is 0 Å². The van der Waals surface area contributed by atoms with Gasteiger partial charge in [-0.15, -0.1) is 0 Å². The van der Waals surface area contributed by atoms with E-state index in [1.807, 2.05) is 24.3 Å². The van der Waals surface area contributed by atoms with Crippen molar-refractivity contribution in [2.75, 3.05) is 0 Å². The third-order valence-corrected chi connectivity index (χ3v) is 3.89. The SMILES string of the molecule is Cc1ccc(Cc2nc3cccnc3n2-c2ccncc2)cc1. The summed E-state index contributed by atoms with van der Waals surface area (Å²) in [6.07, 6.45) is 6.15. The number of benzene rings is 1. The Kier molecular flexibility index (Phi) is 3.35. The smallest absolute Gasteiger partial charge is 0.164 e. The van der Waals surface area contributed by atoms with Crippen LogP contribution in [0.4, 0.5) is 0 Å². The van der Waals surface area contributed by atoms with E-state index in [1.165, 1.54) is 11.1 Å². The Balaban J connectivity index is 1.87. The fourth-order valence-electron chi connectivity index (χ4n) is 2.73. The fraction of sp³-hybridized carbons (Fsp3) is 0.105. The molecule has 3 heterocycles. The summed E-state index contributed by atoms with van der Waals surface area (Å²) in [7, 11) is 0. The molecule has 0 radical (unpaired) electrons. The first kappa shape index (κ1) is 13.6. The molecule has 1 aromatic carbocycles. The van der Waals surface area contributed by atoms with Gasteiger partial charge < -0.3 is 0 Å². The molecular formula is C19H16N4. The fourth-order valence-corrected chi connectivity index (χ4v) is 2.73. The van der Waals surface area contributed by atoms with Gasteiger partial charge in [-0.2, -0.15) is 0 Å². The molecule has 4 nitrogen and oxygen atoms in total. The van der Waals surface area contributed by atoms with Gasteiger partial charge >= 0.3 is 0 Å². The molecule has 0 fully saturated rings. The van der Waals surface area contributed by atoms with Crippen molar-refractivity contribution in [2.24, 2.45) is 0 Å². The minimum atomic E-state index is 0.763. The van der Waals surface area contributed by atoms with Crippen molar-refractivity contribution >= 4 is 11.2 Å². The summed E-state index contributed by atoms with van der Waals surface area (Å²) < 4.78 is 2.11. The minimum Gasteiger partial charge on any atom is -0.280 e. The van der Waals surface area contributed by atoms with E-state index < -0.39 is 0 Å². The highest BCUT2D eigenvalue weighted by molar-refractivity contribution is 5.73. The Hall–Kier alpha value is -3.01. The van der Waals surface area contributed by atoms with Crippen LogP contribution < -0.4 is 0 Å². The highest BCUT2D eigenvalue weighted by Crippen LogP contribution is 2.21. The average Bonchev–Trinajstić information content (AvgIpc) is 2.95. The molecule has 0 aliphatic carbocycles. The zero-order valence-corrected chi connectivity index (χ0v) is 12.8. The summed E-state index contributed by atoms with van der Waals surface area (Å²) in [5.74, 6) is 0.980. The first-order chi connectivity index (χ1) is 11.3. The van der Waals surface area contributed by atoms with E-state index in [4.69, 9.17) is 4.98 Å². The van der Waals surface area contributed by atoms with Crippen LogP contribution in [0.1, 0.15) is 17.0 Å². The standard InChI is InChI=1S/C19H16N4/c1-14-4-6-15(7-5-14)13-18-22-17-3-2-10-21-19(17)23(18)16-8-11-20-12-9-16/h2-12H,13H2,1H3. The predicted molar refractivity (Wildman–Crippen MR) is 90.6 cm³/mol. The first-order valence-electron chi connectivity index (χ1n) is 7.59. The molecule has 4 aromatic rings. The van der Waals surface area contributed by atoms with Gasteiger partial charge in [-0.05, 0) is 36.8 Å². The molecule has 112 valence electrons. The zero-order chi connectivity index (χ0) is 15.6. The molecule has 23 heavy (non-hydrogen) atoms. The molecule has 4 rings (SSSR count). The summed E-state index contributed by atoms with van der Waals surface area (Å²) in [5, 5.41) is 0. The van der Waals surface area contributed by atoms with Gasteiger partial charge in [0, 0.05) is 25.0 Å². The molecule has 0 bridgehead atoms. The zero-order valence-electron chi connectivity index (χ0n) is 12.8. The van der Waals surface area contributed by atoms with Gasteiger partial charge in [-0.25, -0.2) is 9.97 Å². The summed E-state index contributed by atoms with van der Waals surface area (Å²) in [6, 6.07) is 16.4. The van der Waals surface area contributed by atoms with Crippen molar-refractivity contribution in [2.45, 2.75) is 13.3 Å². The highest BCUT2D eigenvalue weighted by atomic mass is 15.1. The minimum absolute atomic E-state index is 0.763. The first-order valence-corrected chi connectivity index (χ1v) is 7.59. The molecule has 0 N–H and O–H groups in total. The van der Waals surface area contributed by atoms with E-state index >= 15 is 0 Å². The van der Waals surface area contributed by atoms with Crippen molar-refractivity contribution in [3.63, 3.8) is 0 Å². The second-order valence-electron chi connectivity index (χ2n) is 5.58. The molecule has 0 spiro atoms. The monoisotopic (exact) mass is 300 g/mol. The largest absolute Gasteiger partial charge is 0.280 e. The van der Waals surface area contributed by atoms with Gasteiger partial charge in [-0.3, -0.25) is 9.55 Å². The van der Waals surface area contributed by atoms with Crippen molar-refractivity contribution in [3.8, 4) is 5.69 Å². The Morgan fingerprint density at radius 2 is 1.70 bits per heavy atom. The Bertz CT molecular complexity index is 940. The van der Waals surface area contributed by atoms with Crippen molar-refractivity contribution in [1.29, 1.82) is 0 Å². The summed E-state index contributed by atoms with van der Waals surface area (Å²) in [4.78, 5) is 13.4. The lowest BCUT2D eigenvalue weighted by Crippen LogP contribution is -2.03. The van der Waals surface area contributed by atoms with E-state index in [1.54, 1.807) is 18.6 Å². The predicted octanol–water partition coefficient (Wildman–Crippen LogP) is 3.71. The van der Waals surface area contributed by atoms with Crippen molar-refractivity contribution in [3.05, 3.63) is 84.1 Å². The molecule has 4 heteroatoms. The molecule has 0 aliphatic heterocycles. The topological polar surface area (TPSA) is 43.6 Å². The third-order valence-electron chi connectivity index (χ3n) is 3.89. The van der Waals surface area contributed by atoms with Gasteiger partial charge in [0.25, 0.3) is 0 Å². The van der Waals surface area contributed by atoms with Crippen LogP contribution in [-0.4, -0.2) is 19.5 Å². The average molecular weight is 300 g/mol. The lowest BCUT2D eigenvalue weighted by molar-refractivity contribution is 0.921. The second kappa shape index (κ2) is 5.65. The van der Waals surface area contributed by atoms with E-state index in [9.17, 15) is 0 Å². The van der Waals surface area contributed by atoms with E-state index in [0.29, 0.717) is 0 Å². The Morgan fingerprint density at radius 1 is 0.913 bits per heavy atom. The maximum Gasteiger partial charge on any atom is 0.164 e. The van der Waals surface area contributed by atoms with Crippen molar-refractivity contribution < 1.29 is 0 Å². The normalized spacial score (nSPS) is 11.0. The lowest BCUT2D eigenvalue weighted by Gasteiger charge is -2.08. The molecule has 0 saturated heterocycles. The van der Waals surface area contributed by atoms with Gasteiger partial charge in [0.1, 0.15) is 11.3 Å². The van der Waals surface area contributed by atoms with Crippen LogP contribution in [0.15, 0.2) is 67.1 Å². The van der Waals surface area contributed by atoms with E-state index in [2.05, 4.69) is 45.7 Å². The number of nitrogens with zero attached hydrogens (tertiary/aromatic N) is 4. The Labute approximate surface area is 134 Å². The number of imidazole rings is 1. The third kappa shape index (κ3) is 2.59. The van der Waals surface area contributed by atoms with Gasteiger partial charge in [-0.1, -0.05) is 29.8 Å². The summed E-state index contributed by atoms with van der Waals surface area (Å²) in [6.45, 7) is 2.10. The van der Waals surface area contributed by atoms with Crippen molar-refractivity contribution in [1.82, 2.24) is 19.5 Å². The number of rotatable bonds is 3. The number of fused-ring (bicyclic) bond motifs is 1. The maximum absolute atomic E-state index is 4.79. The molecular weight excluding hydrogens is 284 g/mol. The van der Waals surface area contributed by atoms with Crippen LogP contribution in [0.3, 0.4) is 0 Å². The van der Waals surface area contributed by atoms with Gasteiger partial charge in [0.05, 0.1) is 5.69 Å². The van der Waals surface area contributed by atoms with Gasteiger partial charge in [0.2, 0.25) is 0 Å². The number of aryl methyl sites for hydroxylation is 1. The van der Waals surface area contributed by atoms with Crippen LogP contribution in [0.25, 0.3) is 16.9 Å². The number of pyridine rings is 2. The molecule has 0 aliphatic rings. The van der Waals surface area contributed by atoms with Crippen LogP contribution in [-0.2, 0) is 6.42 Å². The van der Waals surface area contributed by atoms with E-state index in [-0.39, 0.29) is 0 Å². The summed E-state index contributed by atoms with van der Waals surface area (Å²) in [5.41, 5.74) is 5.31. The summed E-state index contributed by atoms with van der Waals surface area (Å²) >= 11 is 0.